The average Bonchev–Trinajstić information content (AvgIpc) is 2.38. The van der Waals surface area contributed by atoms with Gasteiger partial charge in [-0.2, -0.15) is 13.2 Å². The zero-order chi connectivity index (χ0) is 14.0. The summed E-state index contributed by atoms with van der Waals surface area (Å²) in [5.74, 6) is -0.0199. The van der Waals surface area contributed by atoms with Gasteiger partial charge in [0, 0.05) is 6.54 Å². The molecule has 0 bridgehead atoms. The molecule has 0 aliphatic carbocycles. The summed E-state index contributed by atoms with van der Waals surface area (Å²) in [7, 11) is -1.89. The van der Waals surface area contributed by atoms with Crippen LogP contribution in [0.4, 0.5) is 13.2 Å². The van der Waals surface area contributed by atoms with Crippen LogP contribution in [0.5, 0.6) is 0 Å². The number of halogens is 3. The Kier molecular flexibility index (Phi) is 4.18. The van der Waals surface area contributed by atoms with Gasteiger partial charge in [-0.25, -0.2) is 0 Å². The van der Waals surface area contributed by atoms with Crippen LogP contribution in [-0.2, 0) is 6.18 Å². The maximum absolute atomic E-state index is 12.8. The summed E-state index contributed by atoms with van der Waals surface area (Å²) in [5.41, 5.74) is -0.445. The van der Waals surface area contributed by atoms with Gasteiger partial charge >= 0.3 is 13.3 Å². The number of nitrogens with one attached hydrogen (secondary N) is 1. The minimum atomic E-state index is -4.48. The topological polar surface area (TPSA) is 52.5 Å². The molecule has 19 heavy (non-hydrogen) atoms. The Balaban J connectivity index is 2.39. The second-order valence-corrected chi connectivity index (χ2v) is 4.80. The lowest BCUT2D eigenvalue weighted by molar-refractivity contribution is -0.137. The van der Waals surface area contributed by atoms with Crippen molar-refractivity contribution in [3.63, 3.8) is 0 Å². The lowest BCUT2D eigenvalue weighted by Gasteiger charge is -2.24. The van der Waals surface area contributed by atoms with Crippen LogP contribution >= 0.6 is 0 Å². The van der Waals surface area contributed by atoms with Gasteiger partial charge in [-0.1, -0.05) is 12.1 Å². The molecule has 1 atom stereocenters. The van der Waals surface area contributed by atoms with E-state index in [-0.39, 0.29) is 11.4 Å². The molecule has 1 saturated heterocycles. The van der Waals surface area contributed by atoms with E-state index >= 15 is 0 Å². The third-order valence-corrected chi connectivity index (χ3v) is 3.37. The first-order chi connectivity index (χ1) is 8.88. The van der Waals surface area contributed by atoms with E-state index < -0.39 is 18.9 Å². The SMILES string of the molecule is OB(O)c1cc(C2CCCNC2)cc(C(F)(F)F)c1. The van der Waals surface area contributed by atoms with Gasteiger partial charge in [-0.15, -0.1) is 0 Å². The van der Waals surface area contributed by atoms with Gasteiger partial charge < -0.3 is 15.4 Å². The summed E-state index contributed by atoms with van der Waals surface area (Å²) in [6.45, 7) is 1.48. The second-order valence-electron chi connectivity index (χ2n) is 4.80. The Morgan fingerprint density at radius 2 is 1.95 bits per heavy atom. The van der Waals surface area contributed by atoms with Gasteiger partial charge in [-0.05, 0) is 42.4 Å². The van der Waals surface area contributed by atoms with E-state index in [4.69, 9.17) is 10.0 Å². The predicted molar refractivity (Wildman–Crippen MR) is 66.1 cm³/mol. The van der Waals surface area contributed by atoms with E-state index in [1.54, 1.807) is 0 Å². The molecular weight excluding hydrogens is 258 g/mol. The van der Waals surface area contributed by atoms with Crippen LogP contribution in [0.1, 0.15) is 29.9 Å². The smallest absolute Gasteiger partial charge is 0.423 e. The van der Waals surface area contributed by atoms with Crippen molar-refractivity contribution in [1.29, 1.82) is 0 Å². The Morgan fingerprint density at radius 1 is 1.21 bits per heavy atom. The summed E-state index contributed by atoms with van der Waals surface area (Å²) >= 11 is 0. The first-order valence-corrected chi connectivity index (χ1v) is 6.17. The molecule has 1 fully saturated rings. The van der Waals surface area contributed by atoms with Gasteiger partial charge in [0.2, 0.25) is 0 Å². The van der Waals surface area contributed by atoms with E-state index in [1.807, 2.05) is 0 Å². The highest BCUT2D eigenvalue weighted by atomic mass is 19.4. The van der Waals surface area contributed by atoms with Gasteiger partial charge in [0.25, 0.3) is 0 Å². The predicted octanol–water partition coefficient (Wildman–Crippen LogP) is 0.852. The maximum Gasteiger partial charge on any atom is 0.488 e. The van der Waals surface area contributed by atoms with Crippen LogP contribution in [-0.4, -0.2) is 30.3 Å². The van der Waals surface area contributed by atoms with Gasteiger partial charge in [0.1, 0.15) is 0 Å². The van der Waals surface area contributed by atoms with Crippen molar-refractivity contribution >= 4 is 12.6 Å². The van der Waals surface area contributed by atoms with Crippen molar-refractivity contribution < 1.29 is 23.2 Å². The Labute approximate surface area is 109 Å². The van der Waals surface area contributed by atoms with Gasteiger partial charge in [0.15, 0.2) is 0 Å². The molecule has 1 heterocycles. The standard InChI is InChI=1S/C12H15BF3NO2/c14-12(15,16)10-4-9(5-11(6-10)13(18)19)8-2-1-3-17-7-8/h4-6,8,17-19H,1-3,7H2. The van der Waals surface area contributed by atoms with Crippen LogP contribution in [0.2, 0.25) is 0 Å². The molecule has 3 nitrogen and oxygen atoms in total. The summed E-state index contributed by atoms with van der Waals surface area (Å²) in [6, 6.07) is 3.32. The van der Waals surface area contributed by atoms with Crippen molar-refractivity contribution in [3.8, 4) is 0 Å². The average molecular weight is 273 g/mol. The molecule has 0 amide bonds. The van der Waals surface area contributed by atoms with E-state index in [2.05, 4.69) is 5.32 Å². The molecule has 0 aromatic heterocycles. The van der Waals surface area contributed by atoms with Crippen molar-refractivity contribution in [3.05, 3.63) is 29.3 Å². The number of rotatable bonds is 2. The van der Waals surface area contributed by atoms with E-state index in [9.17, 15) is 13.2 Å². The number of piperidine rings is 1. The van der Waals surface area contributed by atoms with Gasteiger partial charge in [0.05, 0.1) is 5.56 Å². The highest BCUT2D eigenvalue weighted by molar-refractivity contribution is 6.58. The largest absolute Gasteiger partial charge is 0.488 e. The zero-order valence-corrected chi connectivity index (χ0v) is 10.2. The quantitative estimate of drug-likeness (QED) is 0.700. The Morgan fingerprint density at radius 3 is 2.47 bits per heavy atom. The van der Waals surface area contributed by atoms with Crippen LogP contribution in [0.15, 0.2) is 18.2 Å². The molecule has 104 valence electrons. The fourth-order valence-electron chi connectivity index (χ4n) is 2.36. The summed E-state index contributed by atoms with van der Waals surface area (Å²) in [6.07, 6.45) is -2.78. The first-order valence-electron chi connectivity index (χ1n) is 6.17. The molecular formula is C12H15BF3NO2. The molecule has 1 aliphatic heterocycles. The molecule has 1 unspecified atom stereocenters. The lowest BCUT2D eigenvalue weighted by atomic mass is 9.76. The molecule has 7 heteroatoms. The Bertz CT molecular complexity index is 445. The van der Waals surface area contributed by atoms with E-state index in [0.29, 0.717) is 12.1 Å². The Hall–Kier alpha value is -1.05. The van der Waals surface area contributed by atoms with Crippen molar-refractivity contribution in [2.45, 2.75) is 24.9 Å². The molecule has 1 aromatic rings. The van der Waals surface area contributed by atoms with Crippen molar-refractivity contribution in [1.82, 2.24) is 5.32 Å². The van der Waals surface area contributed by atoms with Crippen LogP contribution in [0.3, 0.4) is 0 Å². The van der Waals surface area contributed by atoms with Crippen LogP contribution < -0.4 is 10.8 Å². The second kappa shape index (κ2) is 5.52. The summed E-state index contributed by atoms with van der Waals surface area (Å²) in [4.78, 5) is 0. The molecule has 0 radical (unpaired) electrons. The lowest BCUT2D eigenvalue weighted by Crippen LogP contribution is -2.33. The highest BCUT2D eigenvalue weighted by Gasteiger charge is 2.33. The summed E-state index contributed by atoms with van der Waals surface area (Å²) in [5, 5.41) is 21.4. The maximum atomic E-state index is 12.8. The van der Waals surface area contributed by atoms with Crippen molar-refractivity contribution in [2.75, 3.05) is 13.1 Å². The third-order valence-electron chi connectivity index (χ3n) is 3.37. The molecule has 3 N–H and O–H groups in total. The number of hydrogen-bond acceptors (Lipinski definition) is 3. The highest BCUT2D eigenvalue weighted by Crippen LogP contribution is 2.32. The fraction of sp³-hybridized carbons (Fsp3) is 0.500. The molecule has 0 saturated carbocycles. The third kappa shape index (κ3) is 3.49. The number of benzene rings is 1. The normalized spacial score (nSPS) is 20.4. The zero-order valence-electron chi connectivity index (χ0n) is 10.2. The minimum absolute atomic E-state index is 0.0199. The molecule has 0 spiro atoms. The van der Waals surface area contributed by atoms with Crippen LogP contribution in [0.25, 0.3) is 0 Å². The first kappa shape index (κ1) is 14.4. The van der Waals surface area contributed by atoms with Crippen molar-refractivity contribution in [2.24, 2.45) is 0 Å². The monoisotopic (exact) mass is 273 g/mol. The van der Waals surface area contributed by atoms with Crippen LogP contribution in [0, 0.1) is 0 Å². The molecule has 1 aromatic carbocycles. The minimum Gasteiger partial charge on any atom is -0.423 e. The molecule has 2 rings (SSSR count). The van der Waals surface area contributed by atoms with E-state index in [0.717, 1.165) is 31.5 Å². The number of alkyl halides is 3. The molecule has 1 aliphatic rings. The fourth-order valence-corrected chi connectivity index (χ4v) is 2.36. The number of hydrogen-bond donors (Lipinski definition) is 3. The van der Waals surface area contributed by atoms with Gasteiger partial charge in [-0.3, -0.25) is 0 Å². The van der Waals surface area contributed by atoms with E-state index in [1.165, 1.54) is 6.07 Å². The summed E-state index contributed by atoms with van der Waals surface area (Å²) < 4.78 is 38.4.